The average molecular weight is 283 g/mol. The highest BCUT2D eigenvalue weighted by Gasteiger charge is 2.30. The van der Waals surface area contributed by atoms with Gasteiger partial charge in [0.25, 0.3) is 0 Å². The third kappa shape index (κ3) is 2.91. The second kappa shape index (κ2) is 5.75. The van der Waals surface area contributed by atoms with E-state index in [4.69, 9.17) is 4.74 Å². The minimum absolute atomic E-state index is 0.413. The van der Waals surface area contributed by atoms with Gasteiger partial charge >= 0.3 is 0 Å². The maximum Gasteiger partial charge on any atom is 0.185 e. The molecule has 0 amide bonds. The quantitative estimate of drug-likeness (QED) is 0.900. The number of aliphatic hydroxyl groups excluding tert-OH is 1. The van der Waals surface area contributed by atoms with Crippen LogP contribution in [0.25, 0.3) is 0 Å². The van der Waals surface area contributed by atoms with Crippen molar-refractivity contribution in [2.45, 2.75) is 25.5 Å². The maximum atomic E-state index is 9.57. The molecule has 2 aliphatic heterocycles. The van der Waals surface area contributed by atoms with Crippen molar-refractivity contribution < 1.29 is 9.84 Å². The molecule has 0 bridgehead atoms. The Bertz CT molecular complexity index is 418. The SMILES string of the molecule is CC(O)c1cnc(N2CCC(N3CCOCC3)C2)s1. The predicted octanol–water partition coefficient (Wildman–Crippen LogP) is 1.11. The number of aromatic nitrogens is 1. The Morgan fingerprint density at radius 1 is 1.42 bits per heavy atom. The van der Waals surface area contributed by atoms with Gasteiger partial charge in [0.05, 0.1) is 24.2 Å². The fourth-order valence-corrected chi connectivity index (χ4v) is 3.66. The van der Waals surface area contributed by atoms with Crippen molar-refractivity contribution in [2.75, 3.05) is 44.3 Å². The van der Waals surface area contributed by atoms with Gasteiger partial charge in [-0.15, -0.1) is 0 Å². The van der Waals surface area contributed by atoms with Crippen molar-refractivity contribution >= 4 is 16.5 Å². The Morgan fingerprint density at radius 3 is 2.89 bits per heavy atom. The molecule has 0 spiro atoms. The maximum absolute atomic E-state index is 9.57. The van der Waals surface area contributed by atoms with Crippen molar-refractivity contribution in [1.29, 1.82) is 0 Å². The highest BCUT2D eigenvalue weighted by atomic mass is 32.1. The molecule has 0 aliphatic carbocycles. The van der Waals surface area contributed by atoms with Crippen LogP contribution in [0.4, 0.5) is 5.13 Å². The third-order valence-corrected chi connectivity index (χ3v) is 5.15. The van der Waals surface area contributed by atoms with E-state index < -0.39 is 6.10 Å². The predicted molar refractivity (Wildman–Crippen MR) is 75.8 cm³/mol. The fraction of sp³-hybridized carbons (Fsp3) is 0.769. The van der Waals surface area contributed by atoms with E-state index in [2.05, 4.69) is 14.8 Å². The number of anilines is 1. The van der Waals surface area contributed by atoms with Crippen molar-refractivity contribution in [2.24, 2.45) is 0 Å². The molecular weight excluding hydrogens is 262 g/mol. The van der Waals surface area contributed by atoms with Crippen LogP contribution in [-0.4, -0.2) is 60.4 Å². The largest absolute Gasteiger partial charge is 0.388 e. The molecule has 0 saturated carbocycles. The summed E-state index contributed by atoms with van der Waals surface area (Å²) in [7, 11) is 0. The number of morpholine rings is 1. The lowest BCUT2D eigenvalue weighted by Gasteiger charge is -2.32. The first-order valence-corrected chi connectivity index (χ1v) is 7.76. The Morgan fingerprint density at radius 2 is 2.21 bits per heavy atom. The van der Waals surface area contributed by atoms with Crippen LogP contribution in [0, 0.1) is 0 Å². The van der Waals surface area contributed by atoms with Crippen LogP contribution in [0.2, 0.25) is 0 Å². The lowest BCUT2D eigenvalue weighted by molar-refractivity contribution is 0.0209. The van der Waals surface area contributed by atoms with Crippen LogP contribution in [0.15, 0.2) is 6.20 Å². The molecule has 3 heterocycles. The van der Waals surface area contributed by atoms with Gasteiger partial charge in [-0.05, 0) is 13.3 Å². The summed E-state index contributed by atoms with van der Waals surface area (Å²) in [5, 5.41) is 10.6. The highest BCUT2D eigenvalue weighted by Crippen LogP contribution is 2.30. The van der Waals surface area contributed by atoms with Gasteiger partial charge in [0.2, 0.25) is 0 Å². The average Bonchev–Trinajstić information content (AvgIpc) is 3.09. The minimum atomic E-state index is -0.413. The first-order valence-electron chi connectivity index (χ1n) is 6.94. The minimum Gasteiger partial charge on any atom is -0.388 e. The molecule has 3 rings (SSSR count). The van der Waals surface area contributed by atoms with Crippen LogP contribution in [0.5, 0.6) is 0 Å². The second-order valence-electron chi connectivity index (χ2n) is 5.26. The number of hydrogen-bond donors (Lipinski definition) is 1. The molecular formula is C13H21N3O2S. The molecule has 0 aromatic carbocycles. The molecule has 2 unspecified atom stereocenters. The topological polar surface area (TPSA) is 48.8 Å². The van der Waals surface area contributed by atoms with Gasteiger partial charge in [-0.1, -0.05) is 11.3 Å². The zero-order valence-electron chi connectivity index (χ0n) is 11.3. The highest BCUT2D eigenvalue weighted by molar-refractivity contribution is 7.15. The van der Waals surface area contributed by atoms with Gasteiger partial charge in [0, 0.05) is 38.4 Å². The lowest BCUT2D eigenvalue weighted by atomic mass is 10.2. The van der Waals surface area contributed by atoms with Crippen LogP contribution in [-0.2, 0) is 4.74 Å². The smallest absolute Gasteiger partial charge is 0.185 e. The van der Waals surface area contributed by atoms with Gasteiger partial charge in [0.1, 0.15) is 0 Å². The van der Waals surface area contributed by atoms with E-state index in [1.807, 2.05) is 0 Å². The van der Waals surface area contributed by atoms with Crippen LogP contribution >= 0.6 is 11.3 Å². The number of thiazole rings is 1. The van der Waals surface area contributed by atoms with Crippen LogP contribution in [0.3, 0.4) is 0 Å². The summed E-state index contributed by atoms with van der Waals surface area (Å²) in [6.07, 6.45) is 2.58. The molecule has 2 saturated heterocycles. The first-order chi connectivity index (χ1) is 9.24. The summed E-state index contributed by atoms with van der Waals surface area (Å²) in [6.45, 7) is 7.73. The summed E-state index contributed by atoms with van der Waals surface area (Å²) >= 11 is 1.61. The normalized spacial score (nSPS) is 26.8. The van der Waals surface area contributed by atoms with E-state index >= 15 is 0 Å². The van der Waals surface area contributed by atoms with Gasteiger partial charge < -0.3 is 14.7 Å². The number of hydrogen-bond acceptors (Lipinski definition) is 6. The van der Waals surface area contributed by atoms with Crippen molar-refractivity contribution in [3.63, 3.8) is 0 Å². The molecule has 1 aromatic heterocycles. The van der Waals surface area contributed by atoms with E-state index in [9.17, 15) is 5.11 Å². The lowest BCUT2D eigenvalue weighted by Crippen LogP contribution is -2.44. The van der Waals surface area contributed by atoms with Gasteiger partial charge in [-0.3, -0.25) is 4.90 Å². The van der Waals surface area contributed by atoms with Crippen molar-refractivity contribution in [3.8, 4) is 0 Å². The van der Waals surface area contributed by atoms with E-state index in [1.165, 1.54) is 6.42 Å². The molecule has 1 N–H and O–H groups in total. The number of aliphatic hydroxyl groups is 1. The monoisotopic (exact) mass is 283 g/mol. The zero-order chi connectivity index (χ0) is 13.2. The number of nitrogens with zero attached hydrogens (tertiary/aromatic N) is 3. The molecule has 2 atom stereocenters. The Balaban J connectivity index is 1.61. The number of ether oxygens (including phenoxy) is 1. The summed E-state index contributed by atoms with van der Waals surface area (Å²) in [4.78, 5) is 10.3. The molecule has 2 fully saturated rings. The fourth-order valence-electron chi connectivity index (χ4n) is 2.77. The van der Waals surface area contributed by atoms with Crippen molar-refractivity contribution in [3.05, 3.63) is 11.1 Å². The zero-order valence-corrected chi connectivity index (χ0v) is 12.1. The van der Waals surface area contributed by atoms with Gasteiger partial charge in [-0.25, -0.2) is 4.98 Å². The summed E-state index contributed by atoms with van der Waals surface area (Å²) < 4.78 is 5.41. The number of rotatable bonds is 3. The Hall–Kier alpha value is -0.690. The van der Waals surface area contributed by atoms with Crippen LogP contribution < -0.4 is 4.90 Å². The first kappa shape index (κ1) is 13.3. The van der Waals surface area contributed by atoms with E-state index in [1.54, 1.807) is 24.5 Å². The summed E-state index contributed by atoms with van der Waals surface area (Å²) in [5.41, 5.74) is 0. The second-order valence-corrected chi connectivity index (χ2v) is 6.30. The standard InChI is InChI=1S/C13H21N3O2S/c1-10(17)12-8-14-13(19-12)16-3-2-11(9-16)15-4-6-18-7-5-15/h8,10-11,17H,2-7,9H2,1H3. The van der Waals surface area contributed by atoms with E-state index in [-0.39, 0.29) is 0 Å². The van der Waals surface area contributed by atoms with Gasteiger partial charge in [-0.2, -0.15) is 0 Å². The summed E-state index contributed by atoms with van der Waals surface area (Å²) in [5.74, 6) is 0. The Kier molecular flexibility index (Phi) is 4.02. The van der Waals surface area contributed by atoms with Gasteiger partial charge in [0.15, 0.2) is 5.13 Å². The van der Waals surface area contributed by atoms with E-state index in [0.717, 1.165) is 49.4 Å². The Labute approximate surface area is 117 Å². The summed E-state index contributed by atoms with van der Waals surface area (Å²) in [6, 6.07) is 0.628. The van der Waals surface area contributed by atoms with E-state index in [0.29, 0.717) is 6.04 Å². The third-order valence-electron chi connectivity index (χ3n) is 3.92. The molecule has 106 valence electrons. The molecule has 5 nitrogen and oxygen atoms in total. The van der Waals surface area contributed by atoms with Crippen molar-refractivity contribution in [1.82, 2.24) is 9.88 Å². The molecule has 2 aliphatic rings. The van der Waals surface area contributed by atoms with Crippen LogP contribution in [0.1, 0.15) is 24.3 Å². The molecule has 1 aromatic rings. The molecule has 19 heavy (non-hydrogen) atoms. The molecule has 0 radical (unpaired) electrons. The molecule has 6 heteroatoms.